The Labute approximate surface area is 183 Å². The molecule has 31 heavy (non-hydrogen) atoms. The predicted octanol–water partition coefficient (Wildman–Crippen LogP) is 4.13. The van der Waals surface area contributed by atoms with Gasteiger partial charge in [-0.3, -0.25) is 4.98 Å². The quantitative estimate of drug-likeness (QED) is 0.501. The number of nitrogens with zero attached hydrogens (tertiary/aromatic N) is 3. The van der Waals surface area contributed by atoms with Crippen LogP contribution in [0.2, 0.25) is 0 Å². The number of aryl methyl sites for hydroxylation is 1. The molecule has 1 unspecified atom stereocenters. The highest BCUT2D eigenvalue weighted by Crippen LogP contribution is 2.29. The topological polar surface area (TPSA) is 68.8 Å². The smallest absolute Gasteiger partial charge is 0.116 e. The molecule has 2 aromatic heterocycles. The molecule has 4 aromatic rings. The summed E-state index contributed by atoms with van der Waals surface area (Å²) in [6.07, 6.45) is 4.22. The summed E-state index contributed by atoms with van der Waals surface area (Å²) in [6.45, 7) is 1.35. The van der Waals surface area contributed by atoms with Crippen molar-refractivity contribution in [2.75, 3.05) is 7.05 Å². The van der Waals surface area contributed by atoms with E-state index in [1.54, 1.807) is 0 Å². The number of hydrogen-bond acceptors (Lipinski definition) is 4. The van der Waals surface area contributed by atoms with Gasteiger partial charge in [-0.25, -0.2) is 4.98 Å². The van der Waals surface area contributed by atoms with Gasteiger partial charge in [0.05, 0.1) is 16.7 Å². The third-order valence-electron chi connectivity index (χ3n) is 6.36. The Kier molecular flexibility index (Phi) is 5.53. The number of hydrogen-bond donors (Lipinski definition) is 2. The fourth-order valence-electron chi connectivity index (χ4n) is 4.63. The molecule has 0 aliphatic heterocycles. The Morgan fingerprint density at radius 2 is 1.81 bits per heavy atom. The molecule has 1 aliphatic carbocycles. The largest absolute Gasteiger partial charge is 0.326 e. The van der Waals surface area contributed by atoms with Crippen molar-refractivity contribution in [1.82, 2.24) is 19.9 Å². The van der Waals surface area contributed by atoms with E-state index in [0.29, 0.717) is 12.6 Å². The van der Waals surface area contributed by atoms with Crippen LogP contribution in [0.4, 0.5) is 0 Å². The van der Waals surface area contributed by atoms with E-state index in [9.17, 15) is 0 Å². The Morgan fingerprint density at radius 3 is 2.61 bits per heavy atom. The van der Waals surface area contributed by atoms with E-state index in [0.717, 1.165) is 53.9 Å². The minimum absolute atomic E-state index is 0.351. The summed E-state index contributed by atoms with van der Waals surface area (Å²) >= 11 is 0. The van der Waals surface area contributed by atoms with Crippen molar-refractivity contribution in [3.05, 3.63) is 94.6 Å². The molecule has 0 saturated carbocycles. The first-order valence-electron chi connectivity index (χ1n) is 11.1. The van der Waals surface area contributed by atoms with E-state index in [1.165, 1.54) is 23.2 Å². The molecule has 158 valence electrons. The Morgan fingerprint density at radius 1 is 1.00 bits per heavy atom. The summed E-state index contributed by atoms with van der Waals surface area (Å²) in [5.74, 6) is 1.05. The van der Waals surface area contributed by atoms with Gasteiger partial charge in [-0.2, -0.15) is 0 Å². The van der Waals surface area contributed by atoms with Gasteiger partial charge in [0.2, 0.25) is 0 Å². The molecule has 5 heteroatoms. The number of para-hydroxylation sites is 2. The highest BCUT2D eigenvalue weighted by atomic mass is 15.1. The molecular formula is C26H29N5. The van der Waals surface area contributed by atoms with Crippen LogP contribution in [-0.2, 0) is 25.9 Å². The molecule has 5 nitrogen and oxygen atoms in total. The van der Waals surface area contributed by atoms with Gasteiger partial charge >= 0.3 is 0 Å². The van der Waals surface area contributed by atoms with Crippen LogP contribution in [-0.4, -0.2) is 21.6 Å². The van der Waals surface area contributed by atoms with Crippen molar-refractivity contribution in [1.29, 1.82) is 0 Å². The van der Waals surface area contributed by atoms with E-state index in [4.69, 9.17) is 15.7 Å². The second-order valence-electron chi connectivity index (χ2n) is 8.38. The van der Waals surface area contributed by atoms with Crippen LogP contribution in [0.5, 0.6) is 0 Å². The molecule has 5 rings (SSSR count). The molecule has 0 saturated heterocycles. The number of aromatic nitrogens is 3. The van der Waals surface area contributed by atoms with Crippen LogP contribution in [0.25, 0.3) is 11.0 Å². The number of benzene rings is 2. The van der Waals surface area contributed by atoms with E-state index < -0.39 is 0 Å². The van der Waals surface area contributed by atoms with Gasteiger partial charge in [0.25, 0.3) is 0 Å². The van der Waals surface area contributed by atoms with Gasteiger partial charge < -0.3 is 15.6 Å². The minimum atomic E-state index is 0.351. The van der Waals surface area contributed by atoms with E-state index in [-0.39, 0.29) is 0 Å². The summed E-state index contributed by atoms with van der Waals surface area (Å²) in [7, 11) is 2.03. The summed E-state index contributed by atoms with van der Waals surface area (Å²) < 4.78 is 2.32. The summed E-state index contributed by atoms with van der Waals surface area (Å²) in [4.78, 5) is 10.0. The molecule has 2 heterocycles. The van der Waals surface area contributed by atoms with Crippen molar-refractivity contribution < 1.29 is 0 Å². The van der Waals surface area contributed by atoms with Gasteiger partial charge in [-0.15, -0.1) is 0 Å². The lowest BCUT2D eigenvalue weighted by Crippen LogP contribution is -2.23. The van der Waals surface area contributed by atoms with Crippen LogP contribution in [0.3, 0.4) is 0 Å². The average Bonchev–Trinajstić information content (AvgIpc) is 3.16. The number of nitrogens with two attached hydrogens (primary N) is 1. The zero-order valence-corrected chi connectivity index (χ0v) is 18.0. The van der Waals surface area contributed by atoms with Crippen LogP contribution in [0.1, 0.15) is 52.8 Å². The monoisotopic (exact) mass is 411 g/mol. The van der Waals surface area contributed by atoms with E-state index in [1.807, 2.05) is 13.1 Å². The Hall–Kier alpha value is -3.02. The summed E-state index contributed by atoms with van der Waals surface area (Å²) in [6, 6.07) is 21.7. The number of rotatable bonds is 6. The van der Waals surface area contributed by atoms with E-state index >= 15 is 0 Å². The first-order valence-corrected chi connectivity index (χ1v) is 11.1. The minimum Gasteiger partial charge on any atom is -0.326 e. The van der Waals surface area contributed by atoms with Gasteiger partial charge in [0.1, 0.15) is 5.82 Å². The molecule has 0 radical (unpaired) electrons. The maximum absolute atomic E-state index is 5.76. The zero-order chi connectivity index (χ0) is 21.2. The number of imidazole rings is 1. The van der Waals surface area contributed by atoms with Gasteiger partial charge in [0, 0.05) is 31.2 Å². The fraction of sp³-hybridized carbons (Fsp3) is 0.308. The standard InChI is InChI=1S/C26H29N5/c1-28-23-7-4-5-20-13-14-21(29-26(20)23)15-25-30-22-6-2-3-8-24(22)31(25)17-19-11-9-18(16-27)10-12-19/h2-3,6,8-14,23,28H,4-5,7,15-17,27H2,1H3. The highest BCUT2D eigenvalue weighted by Gasteiger charge is 2.21. The maximum Gasteiger partial charge on any atom is 0.116 e. The lowest BCUT2D eigenvalue weighted by atomic mass is 9.91. The lowest BCUT2D eigenvalue weighted by Gasteiger charge is -2.24. The first kappa shape index (κ1) is 19.9. The van der Waals surface area contributed by atoms with Gasteiger partial charge in [0.15, 0.2) is 0 Å². The molecule has 0 fully saturated rings. The van der Waals surface area contributed by atoms with Crippen molar-refractivity contribution in [3.8, 4) is 0 Å². The van der Waals surface area contributed by atoms with Crippen LogP contribution < -0.4 is 11.1 Å². The summed E-state index contributed by atoms with van der Waals surface area (Å²) in [5.41, 5.74) is 14.0. The molecule has 0 amide bonds. The van der Waals surface area contributed by atoms with Crippen molar-refractivity contribution in [3.63, 3.8) is 0 Å². The van der Waals surface area contributed by atoms with Crippen LogP contribution >= 0.6 is 0 Å². The number of nitrogens with one attached hydrogen (secondary N) is 1. The molecule has 0 spiro atoms. The Balaban J connectivity index is 1.50. The Bertz CT molecular complexity index is 1190. The number of fused-ring (bicyclic) bond motifs is 2. The molecule has 2 aromatic carbocycles. The van der Waals surface area contributed by atoms with Crippen molar-refractivity contribution in [2.24, 2.45) is 5.73 Å². The molecule has 0 bridgehead atoms. The van der Waals surface area contributed by atoms with E-state index in [2.05, 4.69) is 64.5 Å². The van der Waals surface area contributed by atoms with Gasteiger partial charge in [-0.1, -0.05) is 42.5 Å². The molecule has 3 N–H and O–H groups in total. The van der Waals surface area contributed by atoms with Crippen LogP contribution in [0.15, 0.2) is 60.7 Å². The zero-order valence-electron chi connectivity index (χ0n) is 18.0. The summed E-state index contributed by atoms with van der Waals surface area (Å²) in [5, 5.41) is 3.43. The second-order valence-corrected chi connectivity index (χ2v) is 8.38. The second kappa shape index (κ2) is 8.61. The van der Waals surface area contributed by atoms with Crippen molar-refractivity contribution >= 4 is 11.0 Å². The molecular weight excluding hydrogens is 382 g/mol. The first-order chi connectivity index (χ1) is 15.2. The van der Waals surface area contributed by atoms with Crippen LogP contribution in [0, 0.1) is 0 Å². The normalized spacial score (nSPS) is 15.9. The highest BCUT2D eigenvalue weighted by molar-refractivity contribution is 5.76. The predicted molar refractivity (Wildman–Crippen MR) is 125 cm³/mol. The molecule has 1 aliphatic rings. The SMILES string of the molecule is CNC1CCCc2ccc(Cc3nc4ccccc4n3Cc3ccc(CN)cc3)nc21. The third-order valence-corrected chi connectivity index (χ3v) is 6.36. The van der Waals surface area contributed by atoms with Crippen molar-refractivity contribution in [2.45, 2.75) is 44.8 Å². The number of pyridine rings is 1. The maximum atomic E-state index is 5.76. The fourth-order valence-corrected chi connectivity index (χ4v) is 4.63. The average molecular weight is 412 g/mol. The van der Waals surface area contributed by atoms with Gasteiger partial charge in [-0.05, 0) is 61.2 Å². The molecule has 1 atom stereocenters. The third kappa shape index (κ3) is 3.99. The lowest BCUT2D eigenvalue weighted by molar-refractivity contribution is 0.481.